The van der Waals surface area contributed by atoms with Crippen molar-refractivity contribution >= 4 is 15.7 Å². The molecule has 0 amide bonds. The minimum atomic E-state index is -3.91. The summed E-state index contributed by atoms with van der Waals surface area (Å²) in [5.74, 6) is 0. The van der Waals surface area contributed by atoms with Crippen LogP contribution in [-0.4, -0.2) is 32.6 Å². The molecule has 8 heteroatoms. The zero-order valence-corrected chi connectivity index (χ0v) is 13.1. The van der Waals surface area contributed by atoms with Crippen LogP contribution in [0.15, 0.2) is 23.1 Å². The van der Waals surface area contributed by atoms with Gasteiger partial charge in [0.25, 0.3) is 5.69 Å². The number of hydrogen-bond acceptors (Lipinski definition) is 5. The standard InChI is InChI=1S/C13H20N2O5S/c1-10(2)20-9-5-8-14-21(18,19)13-11(3)6-4-7-12(13)15(16)17/h4,6-7,10,14H,5,8-9H2,1-3H3. The predicted molar refractivity (Wildman–Crippen MR) is 78.7 cm³/mol. The minimum Gasteiger partial charge on any atom is -0.379 e. The third kappa shape index (κ3) is 5.07. The van der Waals surface area contributed by atoms with Crippen molar-refractivity contribution < 1.29 is 18.1 Å². The zero-order valence-electron chi connectivity index (χ0n) is 12.3. The Balaban J connectivity index is 2.82. The van der Waals surface area contributed by atoms with Gasteiger partial charge in [-0.2, -0.15) is 0 Å². The van der Waals surface area contributed by atoms with E-state index in [1.807, 2.05) is 13.8 Å². The normalized spacial score (nSPS) is 11.8. The largest absolute Gasteiger partial charge is 0.379 e. The Labute approximate surface area is 124 Å². The number of rotatable bonds is 8. The van der Waals surface area contributed by atoms with Crippen molar-refractivity contribution in [3.05, 3.63) is 33.9 Å². The Morgan fingerprint density at radius 2 is 2.05 bits per heavy atom. The second-order valence-electron chi connectivity index (χ2n) is 4.85. The van der Waals surface area contributed by atoms with Gasteiger partial charge in [-0.15, -0.1) is 0 Å². The van der Waals surface area contributed by atoms with Gasteiger partial charge in [0, 0.05) is 19.2 Å². The fourth-order valence-corrected chi connectivity index (χ4v) is 3.27. The number of nitro benzene ring substituents is 1. The molecule has 1 aromatic rings. The predicted octanol–water partition coefficient (Wildman–Crippen LogP) is 2.00. The molecule has 1 rings (SSSR count). The molecular weight excluding hydrogens is 296 g/mol. The molecule has 118 valence electrons. The molecule has 0 aliphatic carbocycles. The molecule has 1 N–H and O–H groups in total. The Kier molecular flexibility index (Phi) is 6.25. The molecule has 1 aromatic carbocycles. The molecule has 0 radical (unpaired) electrons. The summed E-state index contributed by atoms with van der Waals surface area (Å²) in [6.45, 7) is 5.90. The van der Waals surface area contributed by atoms with Crippen LogP contribution in [0.5, 0.6) is 0 Å². The monoisotopic (exact) mass is 316 g/mol. The number of nitrogens with zero attached hydrogens (tertiary/aromatic N) is 1. The molecule has 0 bridgehead atoms. The maximum absolute atomic E-state index is 12.2. The van der Waals surface area contributed by atoms with Gasteiger partial charge in [-0.05, 0) is 32.8 Å². The zero-order chi connectivity index (χ0) is 16.0. The van der Waals surface area contributed by atoms with E-state index in [2.05, 4.69) is 4.72 Å². The van der Waals surface area contributed by atoms with Crippen LogP contribution in [0.25, 0.3) is 0 Å². The van der Waals surface area contributed by atoms with Crippen molar-refractivity contribution in [2.75, 3.05) is 13.2 Å². The number of hydrogen-bond donors (Lipinski definition) is 1. The number of nitrogens with one attached hydrogen (secondary N) is 1. The van der Waals surface area contributed by atoms with Crippen LogP contribution < -0.4 is 4.72 Å². The van der Waals surface area contributed by atoms with Crippen molar-refractivity contribution in [2.24, 2.45) is 0 Å². The van der Waals surface area contributed by atoms with Crippen LogP contribution in [0.1, 0.15) is 25.8 Å². The number of aryl methyl sites for hydroxylation is 1. The van der Waals surface area contributed by atoms with Crippen LogP contribution in [0.3, 0.4) is 0 Å². The van der Waals surface area contributed by atoms with Crippen LogP contribution in [-0.2, 0) is 14.8 Å². The van der Waals surface area contributed by atoms with Gasteiger partial charge < -0.3 is 4.74 Å². The fraction of sp³-hybridized carbons (Fsp3) is 0.538. The Bertz CT molecular complexity index is 599. The van der Waals surface area contributed by atoms with E-state index < -0.39 is 20.6 Å². The van der Waals surface area contributed by atoms with Crippen LogP contribution >= 0.6 is 0 Å². The maximum atomic E-state index is 12.2. The average molecular weight is 316 g/mol. The summed E-state index contributed by atoms with van der Waals surface area (Å²) in [7, 11) is -3.91. The Hall–Kier alpha value is -1.51. The van der Waals surface area contributed by atoms with Gasteiger partial charge >= 0.3 is 0 Å². The van der Waals surface area contributed by atoms with E-state index in [9.17, 15) is 18.5 Å². The van der Waals surface area contributed by atoms with E-state index in [0.29, 0.717) is 18.6 Å². The lowest BCUT2D eigenvalue weighted by atomic mass is 10.2. The van der Waals surface area contributed by atoms with E-state index in [4.69, 9.17) is 4.74 Å². The number of nitro groups is 1. The third-order valence-corrected chi connectivity index (χ3v) is 4.37. The van der Waals surface area contributed by atoms with Crippen molar-refractivity contribution in [1.29, 1.82) is 0 Å². The van der Waals surface area contributed by atoms with Gasteiger partial charge in [0.05, 0.1) is 11.0 Å². The maximum Gasteiger partial charge on any atom is 0.289 e. The molecule has 0 unspecified atom stereocenters. The highest BCUT2D eigenvalue weighted by Crippen LogP contribution is 2.26. The van der Waals surface area contributed by atoms with E-state index >= 15 is 0 Å². The van der Waals surface area contributed by atoms with E-state index in [1.54, 1.807) is 0 Å². The SMILES string of the molecule is Cc1cccc([N+](=O)[O-])c1S(=O)(=O)NCCCOC(C)C. The first-order valence-corrected chi connectivity index (χ1v) is 8.09. The first-order chi connectivity index (χ1) is 9.75. The quantitative estimate of drug-likeness (QED) is 0.449. The smallest absolute Gasteiger partial charge is 0.289 e. The molecule has 0 aromatic heterocycles. The van der Waals surface area contributed by atoms with Crippen molar-refractivity contribution in [1.82, 2.24) is 4.72 Å². The lowest BCUT2D eigenvalue weighted by Crippen LogP contribution is -2.27. The second-order valence-corrected chi connectivity index (χ2v) is 6.55. The summed E-state index contributed by atoms with van der Waals surface area (Å²) in [6.07, 6.45) is 0.580. The highest BCUT2D eigenvalue weighted by molar-refractivity contribution is 7.89. The van der Waals surface area contributed by atoms with Crippen LogP contribution in [0.2, 0.25) is 0 Å². The van der Waals surface area contributed by atoms with Gasteiger partial charge in [-0.1, -0.05) is 12.1 Å². The molecule has 7 nitrogen and oxygen atoms in total. The fourth-order valence-electron chi connectivity index (χ4n) is 1.80. The first kappa shape index (κ1) is 17.5. The number of sulfonamides is 1. The number of benzene rings is 1. The van der Waals surface area contributed by atoms with Crippen molar-refractivity contribution in [3.63, 3.8) is 0 Å². The summed E-state index contributed by atoms with van der Waals surface area (Å²) in [4.78, 5) is 10.00. The van der Waals surface area contributed by atoms with Gasteiger partial charge in [0.2, 0.25) is 10.0 Å². The molecule has 0 heterocycles. The molecule has 0 fully saturated rings. The second kappa shape index (κ2) is 7.48. The van der Waals surface area contributed by atoms with Crippen LogP contribution in [0.4, 0.5) is 5.69 Å². The van der Waals surface area contributed by atoms with Crippen molar-refractivity contribution in [2.45, 2.75) is 38.2 Å². The molecule has 0 saturated heterocycles. The molecular formula is C13H20N2O5S. The summed E-state index contributed by atoms with van der Waals surface area (Å²) < 4.78 is 32.1. The van der Waals surface area contributed by atoms with E-state index in [1.165, 1.54) is 25.1 Å². The summed E-state index contributed by atoms with van der Waals surface area (Å²) >= 11 is 0. The molecule has 0 spiro atoms. The lowest BCUT2D eigenvalue weighted by molar-refractivity contribution is -0.387. The first-order valence-electron chi connectivity index (χ1n) is 6.61. The summed E-state index contributed by atoms with van der Waals surface area (Å²) in [5.41, 5.74) is -0.0731. The summed E-state index contributed by atoms with van der Waals surface area (Å²) in [6, 6.07) is 4.18. The molecule has 0 atom stereocenters. The molecule has 21 heavy (non-hydrogen) atoms. The molecule has 0 aliphatic rings. The van der Waals surface area contributed by atoms with E-state index in [0.717, 1.165) is 0 Å². The topological polar surface area (TPSA) is 98.5 Å². The molecule has 0 saturated carbocycles. The Morgan fingerprint density at radius 1 is 1.38 bits per heavy atom. The average Bonchev–Trinajstić information content (AvgIpc) is 2.37. The van der Waals surface area contributed by atoms with Gasteiger partial charge in [-0.25, -0.2) is 13.1 Å². The minimum absolute atomic E-state index is 0.0825. The van der Waals surface area contributed by atoms with Gasteiger partial charge in [0.15, 0.2) is 4.90 Å². The van der Waals surface area contributed by atoms with Gasteiger partial charge in [-0.3, -0.25) is 10.1 Å². The highest BCUT2D eigenvalue weighted by atomic mass is 32.2. The lowest BCUT2D eigenvalue weighted by Gasteiger charge is -2.10. The highest BCUT2D eigenvalue weighted by Gasteiger charge is 2.27. The van der Waals surface area contributed by atoms with Crippen LogP contribution in [0, 0.1) is 17.0 Å². The van der Waals surface area contributed by atoms with Crippen molar-refractivity contribution in [3.8, 4) is 0 Å². The Morgan fingerprint density at radius 3 is 2.62 bits per heavy atom. The van der Waals surface area contributed by atoms with Gasteiger partial charge in [0.1, 0.15) is 0 Å². The summed E-state index contributed by atoms with van der Waals surface area (Å²) in [5, 5.41) is 11.0. The molecule has 0 aliphatic heterocycles. The van der Waals surface area contributed by atoms with E-state index in [-0.39, 0.29) is 17.5 Å². The number of ether oxygens (including phenoxy) is 1. The third-order valence-electron chi connectivity index (χ3n) is 2.72.